The molecule has 1 aromatic carbocycles. The maximum Gasteiger partial charge on any atom is 0.322 e. The number of rotatable bonds is 3. The van der Waals surface area contributed by atoms with Crippen molar-refractivity contribution in [2.45, 2.75) is 54.0 Å². The average Bonchev–Trinajstić information content (AvgIpc) is 2.47. The Morgan fingerprint density at radius 3 is 1.95 bits per heavy atom. The number of ether oxygens (including phenoxy) is 1. The monoisotopic (exact) mass is 283 g/mol. The van der Waals surface area contributed by atoms with Gasteiger partial charge in [-0.05, 0) is 37.0 Å². The van der Waals surface area contributed by atoms with E-state index in [-0.39, 0.29) is 5.75 Å². The fourth-order valence-electron chi connectivity index (χ4n) is 1.65. The summed E-state index contributed by atoms with van der Waals surface area (Å²) in [7, 11) is 1.31. The largest absolute Gasteiger partial charge is 0.507 e. The van der Waals surface area contributed by atoms with Gasteiger partial charge in [0.25, 0.3) is 0 Å². The Morgan fingerprint density at radius 1 is 1.20 bits per heavy atom. The van der Waals surface area contributed by atoms with Crippen LogP contribution in [0.1, 0.15) is 44.4 Å². The second kappa shape index (κ2) is 11.3. The van der Waals surface area contributed by atoms with E-state index in [1.807, 2.05) is 53.7 Å². The predicted molar refractivity (Wildman–Crippen MR) is 84.0 cm³/mol. The molecule has 0 aliphatic rings. The summed E-state index contributed by atoms with van der Waals surface area (Å²) in [6.45, 7) is 11.6. The third-order valence-corrected chi connectivity index (χ3v) is 2.51. The Hall–Kier alpha value is -1.55. The van der Waals surface area contributed by atoms with Crippen molar-refractivity contribution in [1.29, 1.82) is 0 Å². The normalized spacial score (nSPS) is 10.4. The SMILES string of the molecule is CC.CC.COC(=O)C(N)Cc1cc(C)c(O)c(C)c1. The average molecular weight is 283 g/mol. The van der Waals surface area contributed by atoms with Crippen molar-refractivity contribution in [2.75, 3.05) is 7.11 Å². The molecule has 0 saturated heterocycles. The first kappa shape index (κ1) is 20.8. The van der Waals surface area contributed by atoms with Crippen LogP contribution in [0, 0.1) is 13.8 Å². The van der Waals surface area contributed by atoms with E-state index in [0.29, 0.717) is 6.42 Å². The highest BCUT2D eigenvalue weighted by molar-refractivity contribution is 5.75. The number of hydrogen-bond donors (Lipinski definition) is 2. The van der Waals surface area contributed by atoms with Gasteiger partial charge in [-0.1, -0.05) is 39.8 Å². The lowest BCUT2D eigenvalue weighted by Gasteiger charge is -2.11. The van der Waals surface area contributed by atoms with Crippen LogP contribution in [-0.4, -0.2) is 24.2 Å². The zero-order valence-electron chi connectivity index (χ0n) is 13.8. The molecule has 116 valence electrons. The third kappa shape index (κ3) is 6.57. The van der Waals surface area contributed by atoms with Gasteiger partial charge >= 0.3 is 5.97 Å². The maximum absolute atomic E-state index is 11.2. The molecule has 0 heterocycles. The van der Waals surface area contributed by atoms with Crippen LogP contribution in [-0.2, 0) is 16.0 Å². The standard InChI is InChI=1S/C12H17NO3.2C2H6/c1-7-4-9(5-8(2)11(7)14)6-10(13)12(15)16-3;2*1-2/h4-5,10,14H,6,13H2,1-3H3;2*1-2H3. The van der Waals surface area contributed by atoms with Crippen LogP contribution in [0.4, 0.5) is 0 Å². The highest BCUT2D eigenvalue weighted by atomic mass is 16.5. The first-order valence-electron chi connectivity index (χ1n) is 7.08. The summed E-state index contributed by atoms with van der Waals surface area (Å²) >= 11 is 0. The van der Waals surface area contributed by atoms with Crippen LogP contribution in [0.15, 0.2) is 12.1 Å². The molecular formula is C16H29NO3. The van der Waals surface area contributed by atoms with E-state index in [1.54, 1.807) is 0 Å². The summed E-state index contributed by atoms with van der Waals surface area (Å²) in [5.74, 6) is -0.140. The van der Waals surface area contributed by atoms with Gasteiger partial charge in [0.2, 0.25) is 0 Å². The molecule has 0 aliphatic carbocycles. The van der Waals surface area contributed by atoms with Crippen LogP contribution >= 0.6 is 0 Å². The Morgan fingerprint density at radius 2 is 1.60 bits per heavy atom. The number of phenolic OH excluding ortho intramolecular Hbond substituents is 1. The van der Waals surface area contributed by atoms with Gasteiger partial charge in [-0.25, -0.2) is 0 Å². The Balaban J connectivity index is 0. The summed E-state index contributed by atoms with van der Waals surface area (Å²) < 4.78 is 4.56. The number of phenols is 1. The summed E-state index contributed by atoms with van der Waals surface area (Å²) in [6, 6.07) is 2.99. The lowest BCUT2D eigenvalue weighted by atomic mass is 10.0. The van der Waals surface area contributed by atoms with E-state index < -0.39 is 12.0 Å². The van der Waals surface area contributed by atoms with Crippen LogP contribution in [0.3, 0.4) is 0 Å². The van der Waals surface area contributed by atoms with Gasteiger partial charge in [0.05, 0.1) is 7.11 Å². The maximum atomic E-state index is 11.2. The number of benzene rings is 1. The predicted octanol–water partition coefficient (Wildman–Crippen LogP) is 3.10. The summed E-state index contributed by atoms with van der Waals surface area (Å²) in [5, 5.41) is 9.60. The minimum Gasteiger partial charge on any atom is -0.507 e. The van der Waals surface area contributed by atoms with E-state index in [0.717, 1.165) is 16.7 Å². The number of methoxy groups -OCH3 is 1. The fraction of sp³-hybridized carbons (Fsp3) is 0.562. The van der Waals surface area contributed by atoms with E-state index >= 15 is 0 Å². The number of hydrogen-bond acceptors (Lipinski definition) is 4. The van der Waals surface area contributed by atoms with E-state index in [2.05, 4.69) is 4.74 Å². The topological polar surface area (TPSA) is 72.5 Å². The number of aryl methyl sites for hydroxylation is 2. The molecular weight excluding hydrogens is 254 g/mol. The number of aromatic hydroxyl groups is 1. The lowest BCUT2D eigenvalue weighted by molar-refractivity contribution is -0.142. The van der Waals surface area contributed by atoms with Gasteiger partial charge in [-0.15, -0.1) is 0 Å². The molecule has 0 fully saturated rings. The second-order valence-electron chi connectivity index (χ2n) is 3.91. The molecule has 0 aromatic heterocycles. The van der Waals surface area contributed by atoms with Gasteiger partial charge in [0.15, 0.2) is 0 Å². The number of esters is 1. The van der Waals surface area contributed by atoms with Crippen molar-refractivity contribution >= 4 is 5.97 Å². The van der Waals surface area contributed by atoms with E-state index in [1.165, 1.54) is 7.11 Å². The molecule has 0 bridgehead atoms. The minimum absolute atomic E-state index is 0.287. The molecule has 4 heteroatoms. The van der Waals surface area contributed by atoms with Gasteiger partial charge in [-0.3, -0.25) is 4.79 Å². The van der Waals surface area contributed by atoms with Crippen molar-refractivity contribution in [2.24, 2.45) is 5.73 Å². The van der Waals surface area contributed by atoms with Crippen molar-refractivity contribution < 1.29 is 14.6 Å². The Bertz CT molecular complexity index is 380. The van der Waals surface area contributed by atoms with Crippen molar-refractivity contribution in [3.05, 3.63) is 28.8 Å². The molecule has 4 nitrogen and oxygen atoms in total. The number of carbonyl (C=O) groups is 1. The number of carbonyl (C=O) groups excluding carboxylic acids is 1. The Kier molecular flexibility index (Phi) is 11.7. The van der Waals surface area contributed by atoms with Gasteiger partial charge in [-0.2, -0.15) is 0 Å². The second-order valence-corrected chi connectivity index (χ2v) is 3.91. The summed E-state index contributed by atoms with van der Waals surface area (Å²) in [4.78, 5) is 11.2. The van der Waals surface area contributed by atoms with Gasteiger partial charge in [0, 0.05) is 0 Å². The highest BCUT2D eigenvalue weighted by Gasteiger charge is 2.15. The molecule has 1 unspecified atom stereocenters. The molecule has 1 aromatic rings. The van der Waals surface area contributed by atoms with E-state index in [4.69, 9.17) is 5.73 Å². The van der Waals surface area contributed by atoms with Crippen molar-refractivity contribution in [3.8, 4) is 5.75 Å². The van der Waals surface area contributed by atoms with Gasteiger partial charge < -0.3 is 15.6 Å². The summed E-state index contributed by atoms with van der Waals surface area (Å²) in [6.07, 6.45) is 0.411. The third-order valence-electron chi connectivity index (χ3n) is 2.51. The molecule has 0 saturated carbocycles. The first-order chi connectivity index (χ1) is 9.45. The smallest absolute Gasteiger partial charge is 0.322 e. The molecule has 1 atom stereocenters. The minimum atomic E-state index is -0.659. The molecule has 20 heavy (non-hydrogen) atoms. The molecule has 0 amide bonds. The summed E-state index contributed by atoms with van der Waals surface area (Å²) in [5.41, 5.74) is 8.15. The molecule has 0 spiro atoms. The number of nitrogens with two attached hydrogens (primary N) is 1. The first-order valence-corrected chi connectivity index (χ1v) is 7.08. The zero-order chi connectivity index (χ0) is 16.3. The van der Waals surface area contributed by atoms with Crippen molar-refractivity contribution in [3.63, 3.8) is 0 Å². The van der Waals surface area contributed by atoms with Gasteiger partial charge in [0.1, 0.15) is 11.8 Å². The quantitative estimate of drug-likeness (QED) is 0.836. The van der Waals surface area contributed by atoms with Crippen molar-refractivity contribution in [1.82, 2.24) is 0 Å². The van der Waals surface area contributed by atoms with Crippen LogP contribution < -0.4 is 5.73 Å². The molecule has 0 radical (unpaired) electrons. The fourth-order valence-corrected chi connectivity index (χ4v) is 1.65. The van der Waals surface area contributed by atoms with Crippen LogP contribution in [0.25, 0.3) is 0 Å². The zero-order valence-corrected chi connectivity index (χ0v) is 13.8. The molecule has 0 aliphatic heterocycles. The van der Waals surface area contributed by atoms with E-state index in [9.17, 15) is 9.90 Å². The Labute approximate surface area is 123 Å². The molecule has 3 N–H and O–H groups in total. The molecule has 1 rings (SSSR count). The highest BCUT2D eigenvalue weighted by Crippen LogP contribution is 2.23. The lowest BCUT2D eigenvalue weighted by Crippen LogP contribution is -2.33. The van der Waals surface area contributed by atoms with Crippen LogP contribution in [0.2, 0.25) is 0 Å². The van der Waals surface area contributed by atoms with Crippen LogP contribution in [0.5, 0.6) is 5.75 Å².